The minimum Gasteiger partial charge on any atom is -0.308 e. The summed E-state index contributed by atoms with van der Waals surface area (Å²) < 4.78 is 0. The number of rotatable bonds is 3. The lowest BCUT2D eigenvalue weighted by molar-refractivity contribution is 0.257. The van der Waals surface area contributed by atoms with Crippen molar-refractivity contribution in [3.05, 3.63) is 59.7 Å². The lowest BCUT2D eigenvalue weighted by atomic mass is 10.2. The van der Waals surface area contributed by atoms with Gasteiger partial charge in [0.05, 0.1) is 11.6 Å². The van der Waals surface area contributed by atoms with Crippen LogP contribution in [0.5, 0.6) is 0 Å². The summed E-state index contributed by atoms with van der Waals surface area (Å²) in [7, 11) is 0. The summed E-state index contributed by atoms with van der Waals surface area (Å²) >= 11 is 0. The zero-order valence-corrected chi connectivity index (χ0v) is 12.1. The van der Waals surface area contributed by atoms with Crippen LogP contribution in [0.25, 0.3) is 0 Å². The number of nitrogens with zero attached hydrogens (tertiary/aromatic N) is 2. The highest BCUT2D eigenvalue weighted by Crippen LogP contribution is 2.17. The largest absolute Gasteiger partial charge is 0.326 e. The van der Waals surface area contributed by atoms with E-state index in [0.717, 1.165) is 11.3 Å². The summed E-state index contributed by atoms with van der Waals surface area (Å²) in [4.78, 5) is 14.0. The lowest BCUT2D eigenvalue weighted by Crippen LogP contribution is -2.34. The van der Waals surface area contributed by atoms with E-state index in [1.165, 1.54) is 0 Å². The Morgan fingerprint density at radius 2 is 1.95 bits per heavy atom. The molecule has 2 amide bonds. The smallest absolute Gasteiger partial charge is 0.308 e. The van der Waals surface area contributed by atoms with Crippen molar-refractivity contribution in [2.24, 2.45) is 0 Å². The first-order valence-corrected chi connectivity index (χ1v) is 6.79. The van der Waals surface area contributed by atoms with E-state index in [9.17, 15) is 4.79 Å². The van der Waals surface area contributed by atoms with Gasteiger partial charge in [-0.2, -0.15) is 5.26 Å². The zero-order valence-electron chi connectivity index (χ0n) is 12.1. The van der Waals surface area contributed by atoms with Crippen molar-refractivity contribution < 1.29 is 4.79 Å². The molecule has 2 aromatic rings. The number of urea groups is 1. The van der Waals surface area contributed by atoms with Crippen LogP contribution in [0, 0.1) is 18.3 Å². The molecule has 0 heterocycles. The van der Waals surface area contributed by atoms with E-state index in [1.807, 2.05) is 38.1 Å². The molecule has 0 aromatic heterocycles. The molecular weight excluding hydrogens is 262 g/mol. The van der Waals surface area contributed by atoms with Gasteiger partial charge in [-0.3, -0.25) is 4.90 Å². The Morgan fingerprint density at radius 1 is 1.24 bits per heavy atom. The fraction of sp³-hybridized carbons (Fsp3) is 0.176. The maximum absolute atomic E-state index is 12.4. The molecule has 0 unspecified atom stereocenters. The predicted octanol–water partition coefficient (Wildman–Crippen LogP) is 3.93. The van der Waals surface area contributed by atoms with Gasteiger partial charge in [-0.1, -0.05) is 12.1 Å². The van der Waals surface area contributed by atoms with E-state index >= 15 is 0 Å². The SMILES string of the molecule is CCN(C(=O)Nc1ccc(C#N)cc1)c1cccc(C)c1. The van der Waals surface area contributed by atoms with Gasteiger partial charge in [0, 0.05) is 17.9 Å². The molecule has 106 valence electrons. The lowest BCUT2D eigenvalue weighted by Gasteiger charge is -2.22. The van der Waals surface area contributed by atoms with Crippen molar-refractivity contribution >= 4 is 17.4 Å². The number of hydrogen-bond donors (Lipinski definition) is 1. The number of nitriles is 1. The van der Waals surface area contributed by atoms with Crippen LogP contribution in [-0.2, 0) is 0 Å². The Labute approximate surface area is 124 Å². The van der Waals surface area contributed by atoms with E-state index in [2.05, 4.69) is 11.4 Å². The Kier molecular flexibility index (Phi) is 4.57. The highest BCUT2D eigenvalue weighted by molar-refractivity contribution is 6.01. The Hall–Kier alpha value is -2.80. The minimum atomic E-state index is -0.187. The van der Waals surface area contributed by atoms with Crippen LogP contribution in [0.3, 0.4) is 0 Å². The maximum atomic E-state index is 12.4. The standard InChI is InChI=1S/C17H17N3O/c1-3-20(16-6-4-5-13(2)11-16)17(21)19-15-9-7-14(12-18)8-10-15/h4-11H,3H2,1-2H3,(H,19,21). The Morgan fingerprint density at radius 3 is 2.52 bits per heavy atom. The van der Waals surface area contributed by atoms with Crippen molar-refractivity contribution in [1.29, 1.82) is 5.26 Å². The second-order valence-electron chi connectivity index (χ2n) is 4.70. The van der Waals surface area contributed by atoms with Crippen molar-refractivity contribution in [2.45, 2.75) is 13.8 Å². The van der Waals surface area contributed by atoms with Crippen LogP contribution in [0.4, 0.5) is 16.2 Å². The van der Waals surface area contributed by atoms with E-state index in [-0.39, 0.29) is 6.03 Å². The number of carbonyl (C=O) groups is 1. The van der Waals surface area contributed by atoms with Crippen molar-refractivity contribution in [2.75, 3.05) is 16.8 Å². The normalized spacial score (nSPS) is 9.76. The summed E-state index contributed by atoms with van der Waals surface area (Å²) in [5, 5.41) is 11.6. The first-order valence-electron chi connectivity index (χ1n) is 6.79. The van der Waals surface area contributed by atoms with E-state index in [1.54, 1.807) is 29.2 Å². The molecule has 0 aliphatic heterocycles. The highest BCUT2D eigenvalue weighted by Gasteiger charge is 2.13. The maximum Gasteiger partial charge on any atom is 0.326 e. The molecule has 0 aliphatic carbocycles. The summed E-state index contributed by atoms with van der Waals surface area (Å²) in [6, 6.07) is 16.5. The van der Waals surface area contributed by atoms with Crippen molar-refractivity contribution in [3.63, 3.8) is 0 Å². The fourth-order valence-corrected chi connectivity index (χ4v) is 2.06. The number of amides is 2. The van der Waals surface area contributed by atoms with Crippen LogP contribution in [0.1, 0.15) is 18.1 Å². The van der Waals surface area contributed by atoms with Crippen LogP contribution in [0.2, 0.25) is 0 Å². The molecule has 0 spiro atoms. The van der Waals surface area contributed by atoms with Gasteiger partial charge in [0.15, 0.2) is 0 Å². The molecule has 0 fully saturated rings. The number of nitrogens with one attached hydrogen (secondary N) is 1. The Bertz CT molecular complexity index is 671. The summed E-state index contributed by atoms with van der Waals surface area (Å²) in [5.41, 5.74) is 3.21. The highest BCUT2D eigenvalue weighted by atomic mass is 16.2. The third kappa shape index (κ3) is 3.61. The average molecular weight is 279 g/mol. The third-order valence-electron chi connectivity index (χ3n) is 3.14. The van der Waals surface area contributed by atoms with Gasteiger partial charge in [-0.25, -0.2) is 4.79 Å². The summed E-state index contributed by atoms with van der Waals surface area (Å²) in [5.74, 6) is 0. The molecule has 4 nitrogen and oxygen atoms in total. The van der Waals surface area contributed by atoms with Gasteiger partial charge < -0.3 is 5.32 Å². The van der Waals surface area contributed by atoms with Gasteiger partial charge in [-0.05, 0) is 55.8 Å². The van der Waals surface area contributed by atoms with Crippen molar-refractivity contribution in [1.82, 2.24) is 0 Å². The monoisotopic (exact) mass is 279 g/mol. The number of anilines is 2. The molecule has 1 N–H and O–H groups in total. The summed E-state index contributed by atoms with van der Waals surface area (Å²) in [6.45, 7) is 4.50. The molecule has 0 saturated carbocycles. The van der Waals surface area contributed by atoms with Crippen LogP contribution in [0.15, 0.2) is 48.5 Å². The van der Waals surface area contributed by atoms with Gasteiger partial charge in [0.1, 0.15) is 0 Å². The van der Waals surface area contributed by atoms with Gasteiger partial charge in [-0.15, -0.1) is 0 Å². The number of hydrogen-bond acceptors (Lipinski definition) is 2. The molecule has 21 heavy (non-hydrogen) atoms. The fourth-order valence-electron chi connectivity index (χ4n) is 2.06. The molecule has 0 saturated heterocycles. The van der Waals surface area contributed by atoms with Crippen LogP contribution < -0.4 is 10.2 Å². The Balaban J connectivity index is 2.15. The molecule has 4 heteroatoms. The van der Waals surface area contributed by atoms with Crippen molar-refractivity contribution in [3.8, 4) is 6.07 Å². The van der Waals surface area contributed by atoms with E-state index < -0.39 is 0 Å². The topological polar surface area (TPSA) is 56.1 Å². The molecule has 0 bridgehead atoms. The number of benzene rings is 2. The predicted molar refractivity (Wildman–Crippen MR) is 84.4 cm³/mol. The zero-order chi connectivity index (χ0) is 15.2. The van der Waals surface area contributed by atoms with Crippen LogP contribution >= 0.6 is 0 Å². The quantitative estimate of drug-likeness (QED) is 0.925. The van der Waals surface area contributed by atoms with E-state index in [4.69, 9.17) is 5.26 Å². The van der Waals surface area contributed by atoms with Crippen LogP contribution in [-0.4, -0.2) is 12.6 Å². The van der Waals surface area contributed by atoms with Gasteiger partial charge in [0.2, 0.25) is 0 Å². The number of carbonyl (C=O) groups excluding carboxylic acids is 1. The molecular formula is C17H17N3O. The summed E-state index contributed by atoms with van der Waals surface area (Å²) in [6.07, 6.45) is 0. The average Bonchev–Trinajstić information content (AvgIpc) is 2.49. The molecule has 2 rings (SSSR count). The number of aryl methyl sites for hydroxylation is 1. The first kappa shape index (κ1) is 14.6. The second kappa shape index (κ2) is 6.58. The molecule has 0 aliphatic rings. The first-order chi connectivity index (χ1) is 10.1. The van der Waals surface area contributed by atoms with Gasteiger partial charge in [0.25, 0.3) is 0 Å². The minimum absolute atomic E-state index is 0.187. The second-order valence-corrected chi connectivity index (χ2v) is 4.70. The molecule has 2 aromatic carbocycles. The van der Waals surface area contributed by atoms with Gasteiger partial charge >= 0.3 is 6.03 Å². The molecule has 0 atom stereocenters. The molecule has 0 radical (unpaired) electrons. The third-order valence-corrected chi connectivity index (χ3v) is 3.14. The van der Waals surface area contributed by atoms with E-state index in [0.29, 0.717) is 17.8 Å².